The number of ketones is 1. The number of rotatable bonds is 6. The smallest absolute Gasteiger partial charge is 0.324 e. The van der Waals surface area contributed by atoms with Crippen LogP contribution in [-0.4, -0.2) is 35.1 Å². The first-order valence-corrected chi connectivity index (χ1v) is 9.46. The van der Waals surface area contributed by atoms with Crippen LogP contribution in [0.3, 0.4) is 0 Å². The molecular formula is C21H20ClN3O4. The van der Waals surface area contributed by atoms with Crippen LogP contribution in [-0.2, 0) is 15.1 Å². The van der Waals surface area contributed by atoms with Gasteiger partial charge in [-0.3, -0.25) is 19.3 Å². The molecule has 29 heavy (non-hydrogen) atoms. The summed E-state index contributed by atoms with van der Waals surface area (Å²) in [5.74, 6) is -1.30. The molecule has 1 heterocycles. The Balaban J connectivity index is 1.80. The van der Waals surface area contributed by atoms with Crippen LogP contribution in [0.2, 0.25) is 5.02 Å². The first kappa shape index (κ1) is 20.5. The zero-order valence-corrected chi connectivity index (χ0v) is 16.7. The van der Waals surface area contributed by atoms with Gasteiger partial charge in [-0.15, -0.1) is 0 Å². The lowest BCUT2D eigenvalue weighted by Crippen LogP contribution is -2.44. The maximum Gasteiger partial charge on any atom is 0.325 e. The Morgan fingerprint density at radius 1 is 1.10 bits per heavy atom. The minimum absolute atomic E-state index is 0.205. The molecule has 0 bridgehead atoms. The standard InChI is InChI=1S/C21H20ClN3O4/c1-3-21(14-8-10-15(22)11-9-14)19(28)25(20(29)24-21)12-18(27)23-17-7-5-4-6-16(17)13(2)26/h4-11H,3,12H2,1-2H3,(H,23,27)(H,24,29). The van der Waals surface area contributed by atoms with Crippen molar-refractivity contribution >= 4 is 40.9 Å². The first-order valence-electron chi connectivity index (χ1n) is 9.08. The van der Waals surface area contributed by atoms with E-state index < -0.39 is 29.9 Å². The number of nitrogens with zero attached hydrogens (tertiary/aromatic N) is 1. The van der Waals surface area contributed by atoms with Crippen molar-refractivity contribution in [2.45, 2.75) is 25.8 Å². The highest BCUT2D eigenvalue weighted by Gasteiger charge is 2.51. The van der Waals surface area contributed by atoms with Crippen molar-refractivity contribution in [3.63, 3.8) is 0 Å². The number of para-hydroxylation sites is 1. The second-order valence-corrected chi connectivity index (χ2v) is 7.17. The van der Waals surface area contributed by atoms with Crippen LogP contribution in [0.1, 0.15) is 36.2 Å². The molecule has 0 radical (unpaired) electrons. The lowest BCUT2D eigenvalue weighted by Gasteiger charge is -2.25. The normalized spacial score (nSPS) is 18.5. The highest BCUT2D eigenvalue weighted by atomic mass is 35.5. The molecule has 2 aromatic rings. The number of hydrogen-bond donors (Lipinski definition) is 2. The zero-order valence-electron chi connectivity index (χ0n) is 16.0. The Morgan fingerprint density at radius 2 is 1.76 bits per heavy atom. The van der Waals surface area contributed by atoms with Crippen molar-refractivity contribution in [2.24, 2.45) is 0 Å². The summed E-state index contributed by atoms with van der Waals surface area (Å²) < 4.78 is 0. The fourth-order valence-corrected chi connectivity index (χ4v) is 3.50. The quantitative estimate of drug-likeness (QED) is 0.560. The molecule has 2 aromatic carbocycles. The lowest BCUT2D eigenvalue weighted by atomic mass is 9.87. The Bertz CT molecular complexity index is 990. The number of Topliss-reactive ketones (excluding diaryl/α,β-unsaturated/α-hetero) is 1. The maximum absolute atomic E-state index is 13.1. The van der Waals surface area contributed by atoms with Crippen molar-refractivity contribution in [1.29, 1.82) is 0 Å². The van der Waals surface area contributed by atoms with E-state index in [2.05, 4.69) is 10.6 Å². The summed E-state index contributed by atoms with van der Waals surface area (Å²) in [6.45, 7) is 2.70. The summed E-state index contributed by atoms with van der Waals surface area (Å²) >= 11 is 5.92. The summed E-state index contributed by atoms with van der Waals surface area (Å²) in [6, 6.07) is 12.5. The molecule has 1 fully saturated rings. The molecule has 3 rings (SSSR count). The number of hydrogen-bond acceptors (Lipinski definition) is 4. The van der Waals surface area contributed by atoms with E-state index in [1.54, 1.807) is 55.5 Å². The molecule has 0 spiro atoms. The molecule has 8 heteroatoms. The van der Waals surface area contributed by atoms with Crippen LogP contribution in [0.15, 0.2) is 48.5 Å². The van der Waals surface area contributed by atoms with E-state index in [0.717, 1.165) is 4.90 Å². The van der Waals surface area contributed by atoms with Crippen molar-refractivity contribution in [3.8, 4) is 0 Å². The van der Waals surface area contributed by atoms with Crippen molar-refractivity contribution < 1.29 is 19.2 Å². The molecule has 2 N–H and O–H groups in total. The summed E-state index contributed by atoms with van der Waals surface area (Å²) in [5.41, 5.74) is 0.0189. The van der Waals surface area contributed by atoms with Crippen LogP contribution in [0, 0.1) is 0 Å². The molecule has 7 nitrogen and oxygen atoms in total. The third kappa shape index (κ3) is 3.86. The van der Waals surface area contributed by atoms with Gasteiger partial charge in [0, 0.05) is 10.6 Å². The molecular weight excluding hydrogens is 394 g/mol. The van der Waals surface area contributed by atoms with E-state index in [1.165, 1.54) is 6.92 Å². The topological polar surface area (TPSA) is 95.6 Å². The molecule has 4 amide bonds. The minimum atomic E-state index is -1.25. The Labute approximate surface area is 173 Å². The SMILES string of the molecule is CCC1(c2ccc(Cl)cc2)NC(=O)N(CC(=O)Nc2ccccc2C(C)=O)C1=O. The van der Waals surface area contributed by atoms with Gasteiger partial charge in [-0.25, -0.2) is 4.79 Å². The van der Waals surface area contributed by atoms with Crippen LogP contribution in [0.4, 0.5) is 10.5 Å². The molecule has 1 atom stereocenters. The highest BCUT2D eigenvalue weighted by molar-refractivity contribution is 6.30. The van der Waals surface area contributed by atoms with Gasteiger partial charge >= 0.3 is 6.03 Å². The second kappa shape index (κ2) is 8.05. The monoisotopic (exact) mass is 413 g/mol. The van der Waals surface area contributed by atoms with Crippen LogP contribution >= 0.6 is 11.6 Å². The number of urea groups is 1. The number of anilines is 1. The molecule has 0 aliphatic carbocycles. The van der Waals surface area contributed by atoms with Gasteiger partial charge in [0.25, 0.3) is 5.91 Å². The van der Waals surface area contributed by atoms with Crippen molar-refractivity contribution in [3.05, 3.63) is 64.7 Å². The molecule has 1 aliphatic heterocycles. The molecule has 150 valence electrons. The molecule has 1 aliphatic rings. The van der Waals surface area contributed by atoms with Crippen LogP contribution in [0.5, 0.6) is 0 Å². The van der Waals surface area contributed by atoms with Gasteiger partial charge in [-0.2, -0.15) is 0 Å². The fraction of sp³-hybridized carbons (Fsp3) is 0.238. The van der Waals surface area contributed by atoms with Crippen molar-refractivity contribution in [2.75, 3.05) is 11.9 Å². The number of benzene rings is 2. The van der Waals surface area contributed by atoms with Gasteiger partial charge in [0.2, 0.25) is 5.91 Å². The van der Waals surface area contributed by atoms with E-state index in [4.69, 9.17) is 11.6 Å². The first-order chi connectivity index (χ1) is 13.8. The summed E-state index contributed by atoms with van der Waals surface area (Å²) in [6.07, 6.45) is 0.310. The second-order valence-electron chi connectivity index (χ2n) is 6.74. The van der Waals surface area contributed by atoms with Gasteiger partial charge in [-0.1, -0.05) is 42.8 Å². The lowest BCUT2D eigenvalue weighted by molar-refractivity contribution is -0.134. The van der Waals surface area contributed by atoms with Gasteiger partial charge in [0.1, 0.15) is 12.1 Å². The van der Waals surface area contributed by atoms with E-state index in [9.17, 15) is 19.2 Å². The maximum atomic E-state index is 13.1. The van der Waals surface area contributed by atoms with E-state index >= 15 is 0 Å². The van der Waals surface area contributed by atoms with E-state index in [0.29, 0.717) is 28.3 Å². The number of nitrogens with one attached hydrogen (secondary N) is 2. The van der Waals surface area contributed by atoms with Crippen molar-refractivity contribution in [1.82, 2.24) is 10.2 Å². The summed E-state index contributed by atoms with van der Waals surface area (Å²) in [5, 5.41) is 5.82. The predicted molar refractivity (Wildman–Crippen MR) is 109 cm³/mol. The fourth-order valence-electron chi connectivity index (χ4n) is 3.38. The van der Waals surface area contributed by atoms with Gasteiger partial charge in [-0.05, 0) is 43.2 Å². The third-order valence-corrected chi connectivity index (χ3v) is 5.18. The number of carbonyl (C=O) groups excluding carboxylic acids is 4. The number of halogens is 1. The average molecular weight is 414 g/mol. The van der Waals surface area contributed by atoms with Crippen LogP contribution < -0.4 is 10.6 Å². The van der Waals surface area contributed by atoms with Gasteiger partial charge in [0.15, 0.2) is 5.78 Å². The zero-order chi connectivity index (χ0) is 21.2. The Kier molecular flexibility index (Phi) is 5.70. The number of amides is 4. The largest absolute Gasteiger partial charge is 0.325 e. The predicted octanol–water partition coefficient (Wildman–Crippen LogP) is 3.34. The number of imide groups is 1. The van der Waals surface area contributed by atoms with E-state index in [1.807, 2.05) is 0 Å². The van der Waals surface area contributed by atoms with Gasteiger partial charge in [0.05, 0.1) is 5.69 Å². The third-order valence-electron chi connectivity index (χ3n) is 4.93. The summed E-state index contributed by atoms with van der Waals surface area (Å²) in [7, 11) is 0. The number of carbonyl (C=O) groups is 4. The molecule has 0 aromatic heterocycles. The minimum Gasteiger partial charge on any atom is -0.324 e. The molecule has 0 saturated carbocycles. The average Bonchev–Trinajstić information content (AvgIpc) is 2.94. The molecule has 1 saturated heterocycles. The van der Waals surface area contributed by atoms with Gasteiger partial charge < -0.3 is 10.6 Å². The highest BCUT2D eigenvalue weighted by Crippen LogP contribution is 2.33. The Hall–Kier alpha value is -3.19. The van der Waals surface area contributed by atoms with E-state index in [-0.39, 0.29) is 5.78 Å². The molecule has 1 unspecified atom stereocenters. The Morgan fingerprint density at radius 3 is 2.38 bits per heavy atom. The van der Waals surface area contributed by atoms with Crippen LogP contribution in [0.25, 0.3) is 0 Å². The summed E-state index contributed by atoms with van der Waals surface area (Å²) in [4.78, 5) is 50.7.